The number of benzene rings is 1. The van der Waals surface area contributed by atoms with Crippen molar-refractivity contribution in [3.8, 4) is 0 Å². The number of nitrogens with two attached hydrogens (primary N) is 1. The van der Waals surface area contributed by atoms with Crippen LogP contribution in [0.15, 0.2) is 24.3 Å². The van der Waals surface area contributed by atoms with Gasteiger partial charge in [0.1, 0.15) is 16.9 Å². The summed E-state index contributed by atoms with van der Waals surface area (Å²) < 4.78 is 7.39. The molecule has 0 amide bonds. The van der Waals surface area contributed by atoms with Gasteiger partial charge in [-0.25, -0.2) is 14.8 Å². The topological polar surface area (TPSA) is 83.0 Å². The molecule has 26 heavy (non-hydrogen) atoms. The van der Waals surface area contributed by atoms with Gasteiger partial charge in [0.2, 0.25) is 0 Å². The average molecular weight is 354 g/mol. The number of anilines is 1. The van der Waals surface area contributed by atoms with Gasteiger partial charge in [0.15, 0.2) is 5.65 Å². The summed E-state index contributed by atoms with van der Waals surface area (Å²) in [6, 6.07) is 7.62. The average Bonchev–Trinajstić information content (AvgIpc) is 2.92. The fourth-order valence-electron chi connectivity index (χ4n) is 2.87. The minimum Gasteiger partial charge on any atom is -0.462 e. The normalized spacial score (nSPS) is 12.6. The summed E-state index contributed by atoms with van der Waals surface area (Å²) in [5, 5.41) is 0. The summed E-state index contributed by atoms with van der Waals surface area (Å²) in [7, 11) is 0. The lowest BCUT2D eigenvalue weighted by atomic mass is 10.1. The van der Waals surface area contributed by atoms with Crippen molar-refractivity contribution in [2.24, 2.45) is 5.92 Å². The van der Waals surface area contributed by atoms with Crippen molar-refractivity contribution in [3.05, 3.63) is 29.8 Å². The summed E-state index contributed by atoms with van der Waals surface area (Å²) in [6.07, 6.45) is 2.92. The number of carbonyl (C=O) groups excluding carboxylic acids is 1. The number of rotatable bonds is 7. The lowest BCUT2D eigenvalue weighted by molar-refractivity contribution is 0.0450. The Labute approximate surface area is 153 Å². The van der Waals surface area contributed by atoms with E-state index in [9.17, 15) is 4.79 Å². The van der Waals surface area contributed by atoms with E-state index in [1.54, 1.807) is 0 Å². The zero-order chi connectivity index (χ0) is 18.7. The summed E-state index contributed by atoms with van der Waals surface area (Å²) in [4.78, 5) is 22.1. The molecule has 0 aliphatic heterocycles. The van der Waals surface area contributed by atoms with E-state index in [0.717, 1.165) is 30.3 Å². The van der Waals surface area contributed by atoms with Crippen LogP contribution in [-0.2, 0) is 11.3 Å². The molecule has 0 unspecified atom stereocenters. The maximum Gasteiger partial charge on any atom is 0.344 e. The molecule has 0 aliphatic carbocycles. The van der Waals surface area contributed by atoms with Crippen molar-refractivity contribution in [1.29, 1.82) is 0 Å². The van der Waals surface area contributed by atoms with E-state index in [4.69, 9.17) is 15.5 Å². The van der Waals surface area contributed by atoms with Gasteiger partial charge in [-0.1, -0.05) is 45.7 Å². The number of hydrogen-bond donors (Lipinski definition) is 1. The molecule has 3 rings (SSSR count). The molecule has 0 fully saturated rings. The highest BCUT2D eigenvalue weighted by atomic mass is 16.5. The zero-order valence-corrected chi connectivity index (χ0v) is 15.7. The number of para-hydroxylation sites is 2. The minimum atomic E-state index is -0.423. The molecular formula is C20H26N4O2. The Balaban J connectivity index is 2.12. The monoisotopic (exact) mass is 354 g/mol. The van der Waals surface area contributed by atoms with Gasteiger partial charge >= 0.3 is 5.97 Å². The third-order valence-electron chi connectivity index (χ3n) is 4.73. The molecular weight excluding hydrogens is 328 g/mol. The van der Waals surface area contributed by atoms with Crippen LogP contribution in [0.25, 0.3) is 22.2 Å². The summed E-state index contributed by atoms with van der Waals surface area (Å²) in [5.41, 5.74) is 9.36. The predicted octanol–water partition coefficient (Wildman–Crippen LogP) is 4.17. The van der Waals surface area contributed by atoms with E-state index >= 15 is 0 Å². The summed E-state index contributed by atoms with van der Waals surface area (Å²) >= 11 is 0. The Morgan fingerprint density at radius 2 is 1.92 bits per heavy atom. The number of aromatic nitrogens is 3. The Morgan fingerprint density at radius 3 is 2.58 bits per heavy atom. The highest BCUT2D eigenvalue weighted by molar-refractivity contribution is 6.08. The summed E-state index contributed by atoms with van der Waals surface area (Å²) in [6.45, 7) is 7.31. The number of aryl methyl sites for hydroxylation is 1. The van der Waals surface area contributed by atoms with Gasteiger partial charge in [-0.2, -0.15) is 0 Å². The molecule has 0 saturated carbocycles. The quantitative estimate of drug-likeness (QED) is 0.644. The van der Waals surface area contributed by atoms with Gasteiger partial charge in [-0.15, -0.1) is 0 Å². The van der Waals surface area contributed by atoms with Crippen LogP contribution in [0, 0.1) is 5.92 Å². The van der Waals surface area contributed by atoms with Crippen LogP contribution in [0.3, 0.4) is 0 Å². The fourth-order valence-corrected chi connectivity index (χ4v) is 2.87. The molecule has 3 aromatic rings. The number of nitrogens with zero attached hydrogens (tertiary/aromatic N) is 3. The first-order chi connectivity index (χ1) is 12.6. The van der Waals surface area contributed by atoms with Gasteiger partial charge in [0.25, 0.3) is 0 Å². The number of unbranched alkanes of at least 4 members (excludes halogenated alkanes) is 1. The third kappa shape index (κ3) is 3.36. The second-order valence-corrected chi connectivity index (χ2v) is 6.76. The SMILES string of the molecule is CCCCn1c(N)c(C(=O)OC[C@H](C)CC)c2nc3ccccc3nc21. The third-order valence-corrected chi connectivity index (χ3v) is 4.73. The Bertz CT molecular complexity index is 932. The largest absolute Gasteiger partial charge is 0.462 e. The number of ether oxygens (including phenoxy) is 1. The van der Waals surface area contributed by atoms with Crippen molar-refractivity contribution in [2.45, 2.75) is 46.6 Å². The van der Waals surface area contributed by atoms with Gasteiger partial charge < -0.3 is 15.0 Å². The van der Waals surface area contributed by atoms with E-state index in [0.29, 0.717) is 41.6 Å². The van der Waals surface area contributed by atoms with Crippen LogP contribution in [0.5, 0.6) is 0 Å². The standard InChI is InChI=1S/C20H26N4O2/c1-4-6-11-24-18(21)16(20(25)26-12-13(3)5-2)17-19(24)23-15-10-8-7-9-14(15)22-17/h7-10,13H,4-6,11-12,21H2,1-3H3/t13-/m1/s1. The molecule has 1 aromatic carbocycles. The molecule has 2 N–H and O–H groups in total. The molecule has 138 valence electrons. The molecule has 6 heteroatoms. The molecule has 0 radical (unpaired) electrons. The lowest BCUT2D eigenvalue weighted by Gasteiger charge is -2.10. The Morgan fingerprint density at radius 1 is 1.23 bits per heavy atom. The van der Waals surface area contributed by atoms with Crippen molar-refractivity contribution < 1.29 is 9.53 Å². The van der Waals surface area contributed by atoms with Gasteiger partial charge in [-0.05, 0) is 24.5 Å². The summed E-state index contributed by atoms with van der Waals surface area (Å²) in [5.74, 6) is 0.270. The van der Waals surface area contributed by atoms with Crippen molar-refractivity contribution in [1.82, 2.24) is 14.5 Å². The van der Waals surface area contributed by atoms with Crippen molar-refractivity contribution in [2.75, 3.05) is 12.3 Å². The minimum absolute atomic E-state index is 0.306. The van der Waals surface area contributed by atoms with Crippen LogP contribution in [0.1, 0.15) is 50.4 Å². The van der Waals surface area contributed by atoms with Crippen LogP contribution in [-0.4, -0.2) is 27.1 Å². The van der Waals surface area contributed by atoms with E-state index in [2.05, 4.69) is 25.8 Å². The van der Waals surface area contributed by atoms with Crippen molar-refractivity contribution >= 4 is 34.0 Å². The predicted molar refractivity (Wildman–Crippen MR) is 104 cm³/mol. The number of nitrogen functional groups attached to an aromatic ring is 1. The highest BCUT2D eigenvalue weighted by Gasteiger charge is 2.25. The molecule has 2 aromatic heterocycles. The Kier molecular flexibility index (Phi) is 5.40. The van der Waals surface area contributed by atoms with Crippen LogP contribution in [0.4, 0.5) is 5.82 Å². The van der Waals surface area contributed by atoms with Crippen molar-refractivity contribution in [3.63, 3.8) is 0 Å². The highest BCUT2D eigenvalue weighted by Crippen LogP contribution is 2.29. The number of carbonyl (C=O) groups is 1. The second-order valence-electron chi connectivity index (χ2n) is 6.76. The number of esters is 1. The molecule has 0 bridgehead atoms. The van der Waals surface area contributed by atoms with Gasteiger partial charge in [0.05, 0.1) is 17.6 Å². The van der Waals surface area contributed by atoms with E-state index in [-0.39, 0.29) is 0 Å². The lowest BCUT2D eigenvalue weighted by Crippen LogP contribution is -2.14. The van der Waals surface area contributed by atoms with Crippen LogP contribution >= 0.6 is 0 Å². The van der Waals surface area contributed by atoms with E-state index < -0.39 is 5.97 Å². The van der Waals surface area contributed by atoms with Crippen LogP contribution in [0.2, 0.25) is 0 Å². The number of hydrogen-bond acceptors (Lipinski definition) is 5. The maximum absolute atomic E-state index is 12.7. The first-order valence-electron chi connectivity index (χ1n) is 9.28. The first-order valence-corrected chi connectivity index (χ1v) is 9.28. The fraction of sp³-hybridized carbons (Fsp3) is 0.450. The Hall–Kier alpha value is -2.63. The molecule has 0 spiro atoms. The first kappa shape index (κ1) is 18.2. The molecule has 0 aliphatic rings. The zero-order valence-electron chi connectivity index (χ0n) is 15.7. The maximum atomic E-state index is 12.7. The molecule has 2 heterocycles. The van der Waals surface area contributed by atoms with Gasteiger partial charge in [0, 0.05) is 6.54 Å². The smallest absolute Gasteiger partial charge is 0.344 e. The molecule has 0 saturated heterocycles. The number of fused-ring (bicyclic) bond motifs is 2. The molecule has 6 nitrogen and oxygen atoms in total. The van der Waals surface area contributed by atoms with Gasteiger partial charge in [-0.3, -0.25) is 0 Å². The van der Waals surface area contributed by atoms with E-state index in [1.807, 2.05) is 28.8 Å². The van der Waals surface area contributed by atoms with E-state index in [1.165, 1.54) is 0 Å². The second kappa shape index (κ2) is 7.72. The van der Waals surface area contributed by atoms with Crippen LogP contribution < -0.4 is 5.73 Å². The molecule has 1 atom stereocenters.